The summed E-state index contributed by atoms with van der Waals surface area (Å²) in [5, 5.41) is 3.53. The van der Waals surface area contributed by atoms with Crippen molar-refractivity contribution in [3.8, 4) is 0 Å². The van der Waals surface area contributed by atoms with Gasteiger partial charge in [0, 0.05) is 37.2 Å². The Hall–Kier alpha value is -2.34. The summed E-state index contributed by atoms with van der Waals surface area (Å²) in [5.74, 6) is -0.577. The van der Waals surface area contributed by atoms with E-state index in [0.29, 0.717) is 18.7 Å². The molecule has 1 aliphatic rings. The van der Waals surface area contributed by atoms with Gasteiger partial charge in [-0.1, -0.05) is 18.2 Å². The molecule has 0 aliphatic carbocycles. The lowest BCUT2D eigenvalue weighted by atomic mass is 10.2. The topological polar surface area (TPSA) is 49.9 Å². The molecule has 0 bridgehead atoms. The molecule has 1 fully saturated rings. The van der Waals surface area contributed by atoms with E-state index in [1.165, 1.54) is 17.0 Å². The van der Waals surface area contributed by atoms with Gasteiger partial charge in [-0.2, -0.15) is 11.3 Å². The van der Waals surface area contributed by atoms with Crippen LogP contribution in [0.3, 0.4) is 0 Å². The van der Waals surface area contributed by atoms with Crippen LogP contribution < -0.4 is 4.90 Å². The number of piperazine rings is 1. The van der Waals surface area contributed by atoms with Gasteiger partial charge in [-0.15, -0.1) is 0 Å². The van der Waals surface area contributed by atoms with E-state index in [9.17, 15) is 9.59 Å². The smallest absolute Gasteiger partial charge is 0.339 e. The van der Waals surface area contributed by atoms with Gasteiger partial charge < -0.3 is 14.5 Å². The van der Waals surface area contributed by atoms with Gasteiger partial charge in [0.15, 0.2) is 6.10 Å². The summed E-state index contributed by atoms with van der Waals surface area (Å²) in [6.07, 6.45) is -0.763. The summed E-state index contributed by atoms with van der Waals surface area (Å²) in [7, 11) is 0. The standard InChI is InChI=1S/C18H20N2O3S/c1-14(23-18(22)15-7-12-24-13-15)17(21)20-10-8-19(9-11-20)16-5-3-2-4-6-16/h2-7,12-14H,8-11H2,1H3/t14-/m0/s1. The van der Waals surface area contributed by atoms with E-state index in [0.717, 1.165) is 13.1 Å². The molecule has 2 aromatic rings. The molecule has 1 saturated heterocycles. The molecule has 1 aromatic heterocycles. The first-order valence-electron chi connectivity index (χ1n) is 7.97. The number of thiophene rings is 1. The number of hydrogen-bond acceptors (Lipinski definition) is 5. The fraction of sp³-hybridized carbons (Fsp3) is 0.333. The highest BCUT2D eigenvalue weighted by atomic mass is 32.1. The van der Waals surface area contributed by atoms with Gasteiger partial charge in [0.05, 0.1) is 5.56 Å². The SMILES string of the molecule is C[C@H](OC(=O)c1ccsc1)C(=O)N1CCN(c2ccccc2)CC1. The Kier molecular flexibility index (Phi) is 5.15. The first-order chi connectivity index (χ1) is 11.6. The lowest BCUT2D eigenvalue weighted by molar-refractivity contribution is -0.140. The zero-order valence-corrected chi connectivity index (χ0v) is 14.4. The minimum atomic E-state index is -0.763. The van der Waals surface area contributed by atoms with Gasteiger partial charge >= 0.3 is 5.97 Å². The monoisotopic (exact) mass is 344 g/mol. The highest BCUT2D eigenvalue weighted by Gasteiger charge is 2.27. The lowest BCUT2D eigenvalue weighted by Gasteiger charge is -2.37. The number of hydrogen-bond donors (Lipinski definition) is 0. The second-order valence-corrected chi connectivity index (χ2v) is 6.49. The first kappa shape index (κ1) is 16.5. The number of anilines is 1. The van der Waals surface area contributed by atoms with Crippen molar-refractivity contribution in [3.63, 3.8) is 0 Å². The Balaban J connectivity index is 1.52. The van der Waals surface area contributed by atoms with E-state index in [4.69, 9.17) is 4.74 Å². The van der Waals surface area contributed by atoms with Crippen LogP contribution in [0.25, 0.3) is 0 Å². The Morgan fingerprint density at radius 2 is 1.79 bits per heavy atom. The van der Waals surface area contributed by atoms with Crippen LogP contribution >= 0.6 is 11.3 Å². The van der Waals surface area contributed by atoms with E-state index in [1.54, 1.807) is 23.3 Å². The van der Waals surface area contributed by atoms with E-state index in [1.807, 2.05) is 23.6 Å². The molecule has 1 atom stereocenters. The number of carbonyl (C=O) groups excluding carboxylic acids is 2. The number of benzene rings is 1. The molecule has 126 valence electrons. The summed E-state index contributed by atoms with van der Waals surface area (Å²) in [4.78, 5) is 28.4. The molecule has 1 aromatic carbocycles. The molecule has 0 N–H and O–H groups in total. The predicted molar refractivity (Wildman–Crippen MR) is 94.4 cm³/mol. The van der Waals surface area contributed by atoms with Gasteiger partial charge in [0.1, 0.15) is 0 Å². The zero-order chi connectivity index (χ0) is 16.9. The van der Waals surface area contributed by atoms with Gasteiger partial charge in [-0.05, 0) is 30.5 Å². The van der Waals surface area contributed by atoms with E-state index in [2.05, 4.69) is 17.0 Å². The summed E-state index contributed by atoms with van der Waals surface area (Å²) < 4.78 is 5.28. The van der Waals surface area contributed by atoms with Crippen LogP contribution in [-0.2, 0) is 9.53 Å². The Morgan fingerprint density at radius 1 is 1.08 bits per heavy atom. The lowest BCUT2D eigenvalue weighted by Crippen LogP contribution is -2.51. The van der Waals surface area contributed by atoms with Crippen LogP contribution in [0.5, 0.6) is 0 Å². The highest BCUT2D eigenvalue weighted by Crippen LogP contribution is 2.16. The third kappa shape index (κ3) is 3.76. The fourth-order valence-electron chi connectivity index (χ4n) is 2.74. The van der Waals surface area contributed by atoms with Crippen molar-refractivity contribution in [2.75, 3.05) is 31.1 Å². The van der Waals surface area contributed by atoms with Gasteiger partial charge in [0.2, 0.25) is 0 Å². The summed E-state index contributed by atoms with van der Waals surface area (Å²) in [5.41, 5.74) is 1.66. The molecule has 0 radical (unpaired) electrons. The molecule has 1 amide bonds. The number of para-hydroxylation sites is 1. The molecule has 5 nitrogen and oxygen atoms in total. The van der Waals surface area contributed by atoms with Crippen molar-refractivity contribution in [1.82, 2.24) is 4.90 Å². The number of esters is 1. The molecule has 2 heterocycles. The van der Waals surface area contributed by atoms with Crippen molar-refractivity contribution >= 4 is 28.9 Å². The van der Waals surface area contributed by atoms with Crippen LogP contribution in [0.2, 0.25) is 0 Å². The van der Waals surface area contributed by atoms with Crippen LogP contribution in [0.1, 0.15) is 17.3 Å². The van der Waals surface area contributed by atoms with Crippen molar-refractivity contribution in [2.24, 2.45) is 0 Å². The molecule has 3 rings (SSSR count). The third-order valence-electron chi connectivity index (χ3n) is 4.10. The van der Waals surface area contributed by atoms with E-state index < -0.39 is 12.1 Å². The van der Waals surface area contributed by atoms with Crippen LogP contribution in [0.4, 0.5) is 5.69 Å². The minimum Gasteiger partial charge on any atom is -0.449 e. The average molecular weight is 344 g/mol. The molecule has 0 unspecified atom stereocenters. The van der Waals surface area contributed by atoms with Crippen molar-refractivity contribution in [3.05, 3.63) is 52.7 Å². The molecule has 24 heavy (non-hydrogen) atoms. The number of amides is 1. The molecule has 6 heteroatoms. The van der Waals surface area contributed by atoms with Gasteiger partial charge in [-0.3, -0.25) is 4.79 Å². The van der Waals surface area contributed by atoms with Crippen LogP contribution in [0, 0.1) is 0 Å². The second kappa shape index (κ2) is 7.49. The normalized spacial score (nSPS) is 15.9. The van der Waals surface area contributed by atoms with Crippen molar-refractivity contribution in [1.29, 1.82) is 0 Å². The molecular weight excluding hydrogens is 324 g/mol. The largest absolute Gasteiger partial charge is 0.449 e. The maximum Gasteiger partial charge on any atom is 0.339 e. The molecular formula is C18H20N2O3S. The van der Waals surface area contributed by atoms with Crippen molar-refractivity contribution in [2.45, 2.75) is 13.0 Å². The Labute approximate surface area is 145 Å². The predicted octanol–water partition coefficient (Wildman–Crippen LogP) is 2.64. The minimum absolute atomic E-state index is 0.133. The van der Waals surface area contributed by atoms with Crippen LogP contribution in [0.15, 0.2) is 47.2 Å². The summed E-state index contributed by atoms with van der Waals surface area (Å²) in [6, 6.07) is 11.9. The Bertz CT molecular complexity index is 680. The quantitative estimate of drug-likeness (QED) is 0.800. The maximum absolute atomic E-state index is 12.5. The molecule has 1 aliphatic heterocycles. The number of nitrogens with zero attached hydrogens (tertiary/aromatic N) is 2. The van der Waals surface area contributed by atoms with E-state index in [-0.39, 0.29) is 5.91 Å². The second-order valence-electron chi connectivity index (χ2n) is 5.71. The number of carbonyl (C=O) groups is 2. The third-order valence-corrected chi connectivity index (χ3v) is 4.78. The number of ether oxygens (including phenoxy) is 1. The summed E-state index contributed by atoms with van der Waals surface area (Å²) in [6.45, 7) is 4.46. The average Bonchev–Trinajstić information content (AvgIpc) is 3.17. The fourth-order valence-corrected chi connectivity index (χ4v) is 3.37. The molecule has 0 spiro atoms. The van der Waals surface area contributed by atoms with Gasteiger partial charge in [-0.25, -0.2) is 4.79 Å². The highest BCUT2D eigenvalue weighted by molar-refractivity contribution is 7.08. The van der Waals surface area contributed by atoms with Gasteiger partial charge in [0.25, 0.3) is 5.91 Å². The summed E-state index contributed by atoms with van der Waals surface area (Å²) >= 11 is 1.43. The Morgan fingerprint density at radius 3 is 2.42 bits per heavy atom. The zero-order valence-electron chi connectivity index (χ0n) is 13.6. The van der Waals surface area contributed by atoms with Crippen molar-refractivity contribution < 1.29 is 14.3 Å². The maximum atomic E-state index is 12.5. The van der Waals surface area contributed by atoms with E-state index >= 15 is 0 Å². The van der Waals surface area contributed by atoms with Crippen LogP contribution in [-0.4, -0.2) is 49.1 Å². The number of rotatable bonds is 4. The molecule has 0 saturated carbocycles. The first-order valence-corrected chi connectivity index (χ1v) is 8.91.